The Balaban J connectivity index is 1.55. The first kappa shape index (κ1) is 17.9. The predicted octanol–water partition coefficient (Wildman–Crippen LogP) is 2.55. The summed E-state index contributed by atoms with van der Waals surface area (Å²) in [5.74, 6) is -0.197. The van der Waals surface area contributed by atoms with E-state index in [1.165, 1.54) is 6.07 Å². The number of morpholine rings is 1. The number of halogens is 1. The Bertz CT molecular complexity index is 607. The molecule has 0 aromatic heterocycles. The smallest absolute Gasteiger partial charge is 0.322 e. The Morgan fingerprint density at radius 2 is 2.24 bits per heavy atom. The van der Waals surface area contributed by atoms with Crippen LogP contribution in [0.5, 0.6) is 5.75 Å². The molecule has 0 bridgehead atoms. The summed E-state index contributed by atoms with van der Waals surface area (Å²) in [5.41, 5.74) is 0.430. The van der Waals surface area contributed by atoms with E-state index < -0.39 is 5.82 Å². The van der Waals surface area contributed by atoms with Crippen molar-refractivity contribution in [1.82, 2.24) is 9.80 Å². The first-order valence-corrected chi connectivity index (χ1v) is 8.80. The zero-order valence-electron chi connectivity index (χ0n) is 14.8. The molecule has 6 nitrogen and oxygen atoms in total. The van der Waals surface area contributed by atoms with E-state index in [9.17, 15) is 9.18 Å². The van der Waals surface area contributed by atoms with Crippen molar-refractivity contribution in [3.8, 4) is 5.75 Å². The molecule has 3 rings (SSSR count). The Morgan fingerprint density at radius 1 is 1.44 bits per heavy atom. The van der Waals surface area contributed by atoms with Crippen molar-refractivity contribution in [3.63, 3.8) is 0 Å². The van der Waals surface area contributed by atoms with Crippen molar-refractivity contribution >= 4 is 11.7 Å². The van der Waals surface area contributed by atoms with Gasteiger partial charge in [0.25, 0.3) is 0 Å². The van der Waals surface area contributed by atoms with Crippen molar-refractivity contribution in [3.05, 3.63) is 24.0 Å². The van der Waals surface area contributed by atoms with Crippen molar-refractivity contribution < 1.29 is 18.7 Å². The highest BCUT2D eigenvalue weighted by Crippen LogP contribution is 2.28. The number of hydrogen-bond acceptors (Lipinski definition) is 4. The molecule has 7 heteroatoms. The Kier molecular flexibility index (Phi) is 5.75. The lowest BCUT2D eigenvalue weighted by Crippen LogP contribution is -2.50. The zero-order chi connectivity index (χ0) is 17.8. The van der Waals surface area contributed by atoms with Crippen LogP contribution in [0.4, 0.5) is 14.9 Å². The molecule has 1 saturated carbocycles. The Hall–Kier alpha value is -1.86. The predicted molar refractivity (Wildman–Crippen MR) is 93.6 cm³/mol. The monoisotopic (exact) mass is 351 g/mol. The lowest BCUT2D eigenvalue weighted by Gasteiger charge is -2.34. The van der Waals surface area contributed by atoms with Crippen LogP contribution in [-0.4, -0.2) is 68.4 Å². The minimum atomic E-state index is -0.447. The number of anilines is 1. The summed E-state index contributed by atoms with van der Waals surface area (Å²) in [4.78, 5) is 16.2. The average molecular weight is 351 g/mol. The van der Waals surface area contributed by atoms with E-state index in [-0.39, 0.29) is 24.0 Å². The molecule has 0 spiro atoms. The van der Waals surface area contributed by atoms with E-state index in [0.29, 0.717) is 25.4 Å². The minimum absolute atomic E-state index is 0.00973. The van der Waals surface area contributed by atoms with Crippen LogP contribution in [0.2, 0.25) is 0 Å². The number of ether oxygens (including phenoxy) is 2. The van der Waals surface area contributed by atoms with Gasteiger partial charge in [-0.25, -0.2) is 9.18 Å². The molecule has 0 unspecified atom stereocenters. The largest absolute Gasteiger partial charge is 0.487 e. The van der Waals surface area contributed by atoms with E-state index in [4.69, 9.17) is 9.47 Å². The summed E-state index contributed by atoms with van der Waals surface area (Å²) in [6.07, 6.45) is 3.20. The number of carbonyl (C=O) groups is 1. The maximum atomic E-state index is 14.2. The SMILES string of the molecule is CN(C)C[C@H]1CN(C(=O)Nc2ccc(OC3CCC3)c(F)c2)CCO1. The number of amides is 2. The number of hydrogen-bond donors (Lipinski definition) is 1. The van der Waals surface area contributed by atoms with E-state index in [2.05, 4.69) is 5.32 Å². The number of benzene rings is 1. The topological polar surface area (TPSA) is 54.0 Å². The number of carbonyl (C=O) groups excluding carboxylic acids is 1. The van der Waals surface area contributed by atoms with Crippen molar-refractivity contribution in [2.75, 3.05) is 45.7 Å². The fourth-order valence-corrected chi connectivity index (χ4v) is 2.97. The van der Waals surface area contributed by atoms with Crippen molar-refractivity contribution in [2.45, 2.75) is 31.5 Å². The summed E-state index contributed by atoms with van der Waals surface area (Å²) in [6.45, 7) is 2.32. The van der Waals surface area contributed by atoms with Gasteiger partial charge in [-0.2, -0.15) is 0 Å². The highest BCUT2D eigenvalue weighted by Gasteiger charge is 2.25. The van der Waals surface area contributed by atoms with Crippen LogP contribution in [-0.2, 0) is 4.74 Å². The molecular weight excluding hydrogens is 325 g/mol. The summed E-state index contributed by atoms with van der Waals surface area (Å²) in [6, 6.07) is 4.33. The van der Waals surface area contributed by atoms with Gasteiger partial charge in [-0.3, -0.25) is 0 Å². The van der Waals surface area contributed by atoms with Crippen molar-refractivity contribution in [1.29, 1.82) is 0 Å². The third-order valence-corrected chi connectivity index (χ3v) is 4.52. The minimum Gasteiger partial charge on any atom is -0.487 e. The van der Waals surface area contributed by atoms with E-state index in [1.807, 2.05) is 19.0 Å². The van der Waals surface area contributed by atoms with Crippen LogP contribution in [0.3, 0.4) is 0 Å². The van der Waals surface area contributed by atoms with E-state index >= 15 is 0 Å². The molecule has 1 heterocycles. The molecule has 1 atom stereocenters. The number of nitrogens with one attached hydrogen (secondary N) is 1. The van der Waals surface area contributed by atoms with Crippen LogP contribution >= 0.6 is 0 Å². The van der Waals surface area contributed by atoms with Gasteiger partial charge in [-0.1, -0.05) is 0 Å². The fourth-order valence-electron chi connectivity index (χ4n) is 2.97. The number of rotatable bonds is 5. The summed E-state index contributed by atoms with van der Waals surface area (Å²) in [7, 11) is 3.94. The summed E-state index contributed by atoms with van der Waals surface area (Å²) < 4.78 is 25.4. The second-order valence-corrected chi connectivity index (χ2v) is 6.95. The molecule has 1 saturated heterocycles. The van der Waals surface area contributed by atoms with Crippen LogP contribution in [0.25, 0.3) is 0 Å². The Morgan fingerprint density at radius 3 is 2.88 bits per heavy atom. The molecule has 1 N–H and O–H groups in total. The summed E-state index contributed by atoms with van der Waals surface area (Å²) >= 11 is 0. The molecular formula is C18H26FN3O3. The van der Waals surface area contributed by atoms with E-state index in [1.54, 1.807) is 17.0 Å². The third kappa shape index (κ3) is 4.83. The van der Waals surface area contributed by atoms with Gasteiger partial charge in [0.05, 0.1) is 18.8 Å². The van der Waals surface area contributed by atoms with E-state index in [0.717, 1.165) is 25.8 Å². The highest BCUT2D eigenvalue weighted by atomic mass is 19.1. The van der Waals surface area contributed by atoms with Crippen LogP contribution in [0, 0.1) is 5.82 Å². The fraction of sp³-hybridized carbons (Fsp3) is 0.611. The van der Waals surface area contributed by atoms with Crippen molar-refractivity contribution in [2.24, 2.45) is 0 Å². The summed E-state index contributed by atoms with van der Waals surface area (Å²) in [5, 5.41) is 2.76. The molecule has 1 aromatic carbocycles. The van der Waals surface area contributed by atoms with Crippen LogP contribution in [0.15, 0.2) is 18.2 Å². The van der Waals surface area contributed by atoms with Gasteiger partial charge >= 0.3 is 6.03 Å². The van der Waals surface area contributed by atoms with Gasteiger partial charge in [0.2, 0.25) is 0 Å². The molecule has 138 valence electrons. The maximum Gasteiger partial charge on any atom is 0.322 e. The lowest BCUT2D eigenvalue weighted by molar-refractivity contribution is -0.0228. The lowest BCUT2D eigenvalue weighted by atomic mass is 9.96. The van der Waals surface area contributed by atoms with Gasteiger partial charge in [0.1, 0.15) is 0 Å². The second kappa shape index (κ2) is 8.01. The normalized spacial score (nSPS) is 21.1. The molecule has 2 fully saturated rings. The molecule has 1 aliphatic heterocycles. The van der Waals surface area contributed by atoms with Gasteiger partial charge in [0.15, 0.2) is 11.6 Å². The molecule has 2 aliphatic rings. The number of urea groups is 1. The molecule has 2 amide bonds. The molecule has 0 radical (unpaired) electrons. The third-order valence-electron chi connectivity index (χ3n) is 4.52. The Labute approximate surface area is 147 Å². The number of nitrogens with zero attached hydrogens (tertiary/aromatic N) is 2. The molecule has 25 heavy (non-hydrogen) atoms. The first-order chi connectivity index (χ1) is 12.0. The maximum absolute atomic E-state index is 14.2. The van der Waals surface area contributed by atoms with Gasteiger partial charge in [0, 0.05) is 31.4 Å². The van der Waals surface area contributed by atoms with Gasteiger partial charge < -0.3 is 24.6 Å². The zero-order valence-corrected chi connectivity index (χ0v) is 14.8. The standard InChI is InChI=1S/C18H26FN3O3/c1-21(2)11-15-12-22(8-9-24-15)18(23)20-13-6-7-17(16(19)10-13)25-14-4-3-5-14/h6-7,10,14-15H,3-5,8-9,11-12H2,1-2H3,(H,20,23)/t15-/m0/s1. The highest BCUT2D eigenvalue weighted by molar-refractivity contribution is 5.89. The first-order valence-electron chi connectivity index (χ1n) is 8.80. The van der Waals surface area contributed by atoms with Gasteiger partial charge in [-0.05, 0) is 45.5 Å². The van der Waals surface area contributed by atoms with Crippen LogP contribution in [0.1, 0.15) is 19.3 Å². The quantitative estimate of drug-likeness (QED) is 0.886. The average Bonchev–Trinajstić information content (AvgIpc) is 2.52. The van der Waals surface area contributed by atoms with Gasteiger partial charge in [-0.15, -0.1) is 0 Å². The second-order valence-electron chi connectivity index (χ2n) is 6.95. The van der Waals surface area contributed by atoms with Crippen LogP contribution < -0.4 is 10.1 Å². The molecule has 1 aliphatic carbocycles. The molecule has 1 aromatic rings. The number of likely N-dealkylation sites (N-methyl/N-ethyl adjacent to an activating group) is 1.